The second kappa shape index (κ2) is 4.91. The number of aryl methyl sites for hydroxylation is 1. The van der Waals surface area contributed by atoms with Crippen LogP contribution in [0.5, 0.6) is 0 Å². The summed E-state index contributed by atoms with van der Waals surface area (Å²) >= 11 is 0. The standard InChI is InChI=1S/C16H24N2O3/c1-10-6-11(7-12(13(10)17)14(19)20)18-8-15(2,3)21-16(4,5)9-18/h6-7H,8-9,17H2,1-5H3,(H,19,20). The van der Waals surface area contributed by atoms with E-state index in [9.17, 15) is 9.90 Å². The fourth-order valence-electron chi connectivity index (χ4n) is 3.11. The Morgan fingerprint density at radius 2 is 1.76 bits per heavy atom. The minimum absolute atomic E-state index is 0.159. The van der Waals surface area contributed by atoms with Gasteiger partial charge in [0.25, 0.3) is 0 Å². The maximum Gasteiger partial charge on any atom is 0.337 e. The average Bonchev–Trinajstić information content (AvgIpc) is 2.27. The Morgan fingerprint density at radius 1 is 1.24 bits per heavy atom. The first kappa shape index (κ1) is 15.6. The molecule has 0 bridgehead atoms. The van der Waals surface area contributed by atoms with E-state index in [2.05, 4.69) is 4.90 Å². The van der Waals surface area contributed by atoms with Crippen molar-refractivity contribution in [2.24, 2.45) is 0 Å². The zero-order valence-electron chi connectivity index (χ0n) is 13.4. The highest BCUT2D eigenvalue weighted by atomic mass is 16.5. The first-order valence-corrected chi connectivity index (χ1v) is 7.09. The third-order valence-corrected chi connectivity index (χ3v) is 3.66. The smallest absolute Gasteiger partial charge is 0.337 e. The van der Waals surface area contributed by atoms with Crippen LogP contribution in [0, 0.1) is 6.92 Å². The summed E-state index contributed by atoms with van der Waals surface area (Å²) in [5.74, 6) is -0.996. The Labute approximate surface area is 125 Å². The van der Waals surface area contributed by atoms with Gasteiger partial charge in [-0.2, -0.15) is 0 Å². The van der Waals surface area contributed by atoms with Crippen molar-refractivity contribution in [1.82, 2.24) is 0 Å². The van der Waals surface area contributed by atoms with Crippen molar-refractivity contribution in [3.05, 3.63) is 23.3 Å². The molecule has 0 radical (unpaired) electrons. The van der Waals surface area contributed by atoms with Crippen LogP contribution in [-0.4, -0.2) is 35.4 Å². The van der Waals surface area contributed by atoms with Crippen LogP contribution >= 0.6 is 0 Å². The second-order valence-corrected chi connectivity index (χ2v) is 7.01. The fraction of sp³-hybridized carbons (Fsp3) is 0.562. The van der Waals surface area contributed by atoms with Crippen LogP contribution in [0.1, 0.15) is 43.6 Å². The lowest BCUT2D eigenvalue weighted by Crippen LogP contribution is -2.57. The molecule has 5 nitrogen and oxygen atoms in total. The monoisotopic (exact) mass is 292 g/mol. The number of hydrogen-bond donors (Lipinski definition) is 2. The Balaban J connectivity index is 2.44. The maximum absolute atomic E-state index is 11.3. The van der Waals surface area contributed by atoms with Crippen LogP contribution in [0.25, 0.3) is 0 Å². The highest BCUT2D eigenvalue weighted by molar-refractivity contribution is 5.95. The number of carbonyl (C=O) groups is 1. The summed E-state index contributed by atoms with van der Waals surface area (Å²) in [5, 5.41) is 9.30. The number of nitrogens with zero attached hydrogens (tertiary/aromatic N) is 1. The van der Waals surface area contributed by atoms with E-state index in [-0.39, 0.29) is 16.8 Å². The van der Waals surface area contributed by atoms with Gasteiger partial charge in [-0.3, -0.25) is 0 Å². The molecule has 21 heavy (non-hydrogen) atoms. The molecule has 1 aromatic rings. The third-order valence-electron chi connectivity index (χ3n) is 3.66. The largest absolute Gasteiger partial charge is 0.478 e. The molecule has 1 aromatic carbocycles. The first-order chi connectivity index (χ1) is 9.51. The van der Waals surface area contributed by atoms with Gasteiger partial charge in [0, 0.05) is 24.5 Å². The molecule has 1 fully saturated rings. The van der Waals surface area contributed by atoms with Gasteiger partial charge in [-0.15, -0.1) is 0 Å². The average molecular weight is 292 g/mol. The topological polar surface area (TPSA) is 75.8 Å². The summed E-state index contributed by atoms with van der Waals surface area (Å²) in [6, 6.07) is 3.60. The second-order valence-electron chi connectivity index (χ2n) is 7.01. The van der Waals surface area contributed by atoms with E-state index in [0.29, 0.717) is 18.8 Å². The minimum atomic E-state index is -0.996. The number of ether oxygens (including phenoxy) is 1. The maximum atomic E-state index is 11.3. The number of morpholine rings is 1. The molecule has 0 aliphatic carbocycles. The minimum Gasteiger partial charge on any atom is -0.478 e. The van der Waals surface area contributed by atoms with Gasteiger partial charge in [0.2, 0.25) is 0 Å². The molecule has 2 rings (SSSR count). The van der Waals surface area contributed by atoms with Crippen LogP contribution in [0.4, 0.5) is 11.4 Å². The van der Waals surface area contributed by atoms with Crippen LogP contribution in [0.2, 0.25) is 0 Å². The normalized spacial score (nSPS) is 20.3. The number of nitrogen functional groups attached to an aromatic ring is 1. The van der Waals surface area contributed by atoms with Crippen molar-refractivity contribution >= 4 is 17.3 Å². The van der Waals surface area contributed by atoms with Crippen LogP contribution in [0.15, 0.2) is 12.1 Å². The molecule has 116 valence electrons. The molecule has 1 heterocycles. The quantitative estimate of drug-likeness (QED) is 0.820. The number of benzene rings is 1. The summed E-state index contributed by atoms with van der Waals surface area (Å²) in [7, 11) is 0. The van der Waals surface area contributed by atoms with E-state index in [0.717, 1.165) is 11.3 Å². The number of carboxylic acids is 1. The molecule has 0 aromatic heterocycles. The predicted octanol–water partition coefficient (Wildman–Crippen LogP) is 2.67. The summed E-state index contributed by atoms with van der Waals surface area (Å²) in [6.45, 7) is 11.4. The third kappa shape index (κ3) is 3.29. The van der Waals surface area contributed by atoms with Gasteiger partial charge < -0.3 is 20.5 Å². The van der Waals surface area contributed by atoms with Gasteiger partial charge in [-0.1, -0.05) is 0 Å². The van der Waals surface area contributed by atoms with Gasteiger partial charge in [-0.05, 0) is 52.3 Å². The molecular formula is C16H24N2O3. The summed E-state index contributed by atoms with van der Waals surface area (Å²) < 4.78 is 6.06. The Morgan fingerprint density at radius 3 is 2.24 bits per heavy atom. The SMILES string of the molecule is Cc1cc(N2CC(C)(C)OC(C)(C)C2)cc(C(=O)O)c1N. The lowest BCUT2D eigenvalue weighted by molar-refractivity contribution is -0.133. The van der Waals surface area contributed by atoms with E-state index in [4.69, 9.17) is 10.5 Å². The summed E-state index contributed by atoms with van der Waals surface area (Å²) in [6.07, 6.45) is 0. The molecule has 1 saturated heterocycles. The Hall–Kier alpha value is -1.75. The predicted molar refractivity (Wildman–Crippen MR) is 84.0 cm³/mol. The first-order valence-electron chi connectivity index (χ1n) is 7.09. The highest BCUT2D eigenvalue weighted by Crippen LogP contribution is 2.33. The van der Waals surface area contributed by atoms with Crippen LogP contribution < -0.4 is 10.6 Å². The lowest BCUT2D eigenvalue weighted by atomic mass is 9.97. The molecule has 0 unspecified atom stereocenters. The Kier molecular flexibility index (Phi) is 3.66. The number of nitrogens with two attached hydrogens (primary N) is 1. The van der Waals surface area contributed by atoms with Crippen molar-refractivity contribution in [3.8, 4) is 0 Å². The number of anilines is 2. The molecular weight excluding hydrogens is 268 g/mol. The molecule has 0 spiro atoms. The molecule has 0 saturated carbocycles. The van der Waals surface area contributed by atoms with Crippen molar-refractivity contribution < 1.29 is 14.6 Å². The summed E-state index contributed by atoms with van der Waals surface area (Å²) in [4.78, 5) is 13.5. The van der Waals surface area contributed by atoms with E-state index < -0.39 is 5.97 Å². The Bertz CT molecular complexity index is 563. The zero-order valence-corrected chi connectivity index (χ0v) is 13.4. The molecule has 1 aliphatic rings. The van der Waals surface area contributed by atoms with Crippen molar-refractivity contribution in [2.75, 3.05) is 23.7 Å². The fourth-order valence-corrected chi connectivity index (χ4v) is 3.11. The molecule has 0 atom stereocenters. The van der Waals surface area contributed by atoms with Gasteiger partial charge >= 0.3 is 5.97 Å². The molecule has 5 heteroatoms. The van der Waals surface area contributed by atoms with Crippen LogP contribution in [0.3, 0.4) is 0 Å². The van der Waals surface area contributed by atoms with Crippen molar-refractivity contribution in [2.45, 2.75) is 45.8 Å². The van der Waals surface area contributed by atoms with E-state index >= 15 is 0 Å². The van der Waals surface area contributed by atoms with Crippen molar-refractivity contribution in [1.29, 1.82) is 0 Å². The van der Waals surface area contributed by atoms with E-state index in [1.807, 2.05) is 40.7 Å². The zero-order chi connectivity index (χ0) is 16.0. The van der Waals surface area contributed by atoms with Gasteiger partial charge in [0.15, 0.2) is 0 Å². The van der Waals surface area contributed by atoms with Gasteiger partial charge in [0.05, 0.1) is 16.8 Å². The van der Waals surface area contributed by atoms with E-state index in [1.165, 1.54) is 0 Å². The number of rotatable bonds is 2. The number of carboxylic acid groups (broad SMARTS) is 1. The van der Waals surface area contributed by atoms with E-state index in [1.54, 1.807) is 6.07 Å². The number of hydrogen-bond acceptors (Lipinski definition) is 4. The van der Waals surface area contributed by atoms with Crippen LogP contribution in [-0.2, 0) is 4.74 Å². The molecule has 1 aliphatic heterocycles. The van der Waals surface area contributed by atoms with Gasteiger partial charge in [-0.25, -0.2) is 4.79 Å². The highest BCUT2D eigenvalue weighted by Gasteiger charge is 2.38. The molecule has 3 N–H and O–H groups in total. The lowest BCUT2D eigenvalue weighted by Gasteiger charge is -2.48. The molecule has 0 amide bonds. The number of aromatic carboxylic acids is 1. The van der Waals surface area contributed by atoms with Gasteiger partial charge in [0.1, 0.15) is 0 Å². The summed E-state index contributed by atoms with van der Waals surface area (Å²) in [5.41, 5.74) is 7.44. The van der Waals surface area contributed by atoms with Crippen molar-refractivity contribution in [3.63, 3.8) is 0 Å².